The molecule has 0 bridgehead atoms. The van der Waals surface area contributed by atoms with Crippen LogP contribution >= 0.6 is 15.9 Å². The molecule has 0 saturated heterocycles. The molecule has 4 heteroatoms. The fourth-order valence-electron chi connectivity index (χ4n) is 2.56. The lowest BCUT2D eigenvalue weighted by Crippen LogP contribution is -2.30. The molecule has 1 unspecified atom stereocenters. The van der Waals surface area contributed by atoms with E-state index in [1.807, 2.05) is 45.0 Å². The molecule has 106 valence electrons. The van der Waals surface area contributed by atoms with Gasteiger partial charge in [0.2, 0.25) is 0 Å². The molecule has 0 aliphatic heterocycles. The van der Waals surface area contributed by atoms with Gasteiger partial charge in [-0.2, -0.15) is 0 Å². The van der Waals surface area contributed by atoms with E-state index in [1.54, 1.807) is 6.07 Å². The minimum Gasteiger partial charge on any atom is -0.271 e. The van der Waals surface area contributed by atoms with Crippen LogP contribution in [0.2, 0.25) is 0 Å². The molecule has 0 aliphatic carbocycles. The predicted octanol–water partition coefficient (Wildman–Crippen LogP) is 4.07. The molecule has 2 aromatic carbocycles. The van der Waals surface area contributed by atoms with E-state index in [4.69, 9.17) is 5.84 Å². The van der Waals surface area contributed by atoms with Crippen molar-refractivity contribution in [2.24, 2.45) is 5.84 Å². The summed E-state index contributed by atoms with van der Waals surface area (Å²) in [5.41, 5.74) is 7.16. The van der Waals surface area contributed by atoms with Crippen molar-refractivity contribution >= 4 is 15.9 Å². The molecular weight excluding hydrogens is 319 g/mol. The van der Waals surface area contributed by atoms with E-state index in [0.29, 0.717) is 5.56 Å². The summed E-state index contributed by atoms with van der Waals surface area (Å²) in [6, 6.07) is 9.00. The number of hydrogen-bond donors (Lipinski definition) is 2. The lowest BCUT2D eigenvalue weighted by molar-refractivity contribution is 0.555. The molecule has 0 saturated carbocycles. The van der Waals surface area contributed by atoms with Crippen molar-refractivity contribution in [3.63, 3.8) is 0 Å². The second-order valence-corrected chi connectivity index (χ2v) is 5.89. The molecule has 2 nitrogen and oxygen atoms in total. The number of hydrazine groups is 1. The third-order valence-corrected chi connectivity index (χ3v) is 4.42. The Morgan fingerprint density at radius 1 is 1.20 bits per heavy atom. The number of nitrogens with one attached hydrogen (secondary N) is 1. The molecule has 0 heterocycles. The molecule has 20 heavy (non-hydrogen) atoms. The van der Waals surface area contributed by atoms with Crippen LogP contribution in [0, 0.1) is 26.6 Å². The summed E-state index contributed by atoms with van der Waals surface area (Å²) in [5.74, 6) is 5.47. The minimum absolute atomic E-state index is 0.232. The van der Waals surface area contributed by atoms with Crippen molar-refractivity contribution in [1.29, 1.82) is 0 Å². The number of hydrogen-bond acceptors (Lipinski definition) is 2. The van der Waals surface area contributed by atoms with Gasteiger partial charge in [0.1, 0.15) is 5.82 Å². The van der Waals surface area contributed by atoms with Gasteiger partial charge in [-0.3, -0.25) is 5.84 Å². The fraction of sp³-hybridized carbons (Fsp3) is 0.250. The number of halogens is 2. The van der Waals surface area contributed by atoms with Crippen molar-refractivity contribution in [1.82, 2.24) is 5.43 Å². The first-order valence-electron chi connectivity index (χ1n) is 6.43. The lowest BCUT2D eigenvalue weighted by Gasteiger charge is -2.22. The highest BCUT2D eigenvalue weighted by Crippen LogP contribution is 2.32. The Hall–Kier alpha value is -1.23. The average Bonchev–Trinajstić information content (AvgIpc) is 2.37. The van der Waals surface area contributed by atoms with Crippen molar-refractivity contribution in [3.05, 3.63) is 68.4 Å². The van der Waals surface area contributed by atoms with Gasteiger partial charge in [0, 0.05) is 10.0 Å². The third kappa shape index (κ3) is 2.77. The first-order valence-corrected chi connectivity index (χ1v) is 7.22. The van der Waals surface area contributed by atoms with E-state index in [9.17, 15) is 4.39 Å². The summed E-state index contributed by atoms with van der Waals surface area (Å²) in [6.45, 7) is 5.78. The highest BCUT2D eigenvalue weighted by atomic mass is 79.9. The highest BCUT2D eigenvalue weighted by molar-refractivity contribution is 9.10. The topological polar surface area (TPSA) is 38.0 Å². The Morgan fingerprint density at radius 3 is 2.50 bits per heavy atom. The first kappa shape index (κ1) is 15.2. The molecule has 3 N–H and O–H groups in total. The van der Waals surface area contributed by atoms with Crippen LogP contribution in [-0.2, 0) is 0 Å². The van der Waals surface area contributed by atoms with E-state index in [0.717, 1.165) is 26.7 Å². The molecule has 0 spiro atoms. The summed E-state index contributed by atoms with van der Waals surface area (Å²) in [7, 11) is 0. The van der Waals surface area contributed by atoms with E-state index in [-0.39, 0.29) is 11.9 Å². The zero-order valence-electron chi connectivity index (χ0n) is 11.8. The second kappa shape index (κ2) is 6.04. The smallest absolute Gasteiger partial charge is 0.128 e. The van der Waals surface area contributed by atoms with Gasteiger partial charge in [-0.05, 0) is 55.2 Å². The summed E-state index contributed by atoms with van der Waals surface area (Å²) in [4.78, 5) is 0. The summed E-state index contributed by atoms with van der Waals surface area (Å²) in [6.07, 6.45) is 0. The molecule has 0 aliphatic rings. The van der Waals surface area contributed by atoms with Crippen LogP contribution in [-0.4, -0.2) is 0 Å². The molecule has 1 atom stereocenters. The highest BCUT2D eigenvalue weighted by Gasteiger charge is 2.21. The van der Waals surface area contributed by atoms with Crippen molar-refractivity contribution in [2.75, 3.05) is 0 Å². The van der Waals surface area contributed by atoms with Crippen LogP contribution in [0.1, 0.15) is 33.9 Å². The molecule has 0 radical (unpaired) electrons. The molecule has 0 amide bonds. The number of nitrogens with two attached hydrogens (primary N) is 1. The Bertz CT molecular complexity index is 617. The number of rotatable bonds is 3. The Kier molecular flexibility index (Phi) is 4.58. The number of aryl methyl sites for hydroxylation is 2. The fourth-order valence-corrected chi connectivity index (χ4v) is 2.94. The van der Waals surface area contributed by atoms with E-state index >= 15 is 0 Å². The van der Waals surface area contributed by atoms with Crippen LogP contribution in [0.25, 0.3) is 0 Å². The average molecular weight is 337 g/mol. The normalized spacial score (nSPS) is 12.5. The maximum absolute atomic E-state index is 14.4. The summed E-state index contributed by atoms with van der Waals surface area (Å²) < 4.78 is 15.3. The zero-order valence-corrected chi connectivity index (χ0v) is 13.4. The van der Waals surface area contributed by atoms with Crippen LogP contribution in [0.3, 0.4) is 0 Å². The van der Waals surface area contributed by atoms with Gasteiger partial charge in [-0.25, -0.2) is 9.82 Å². The van der Waals surface area contributed by atoms with Gasteiger partial charge in [0.25, 0.3) is 0 Å². The van der Waals surface area contributed by atoms with Gasteiger partial charge in [0.15, 0.2) is 0 Å². The molecule has 2 rings (SSSR count). The van der Waals surface area contributed by atoms with Crippen LogP contribution in [0.15, 0.2) is 34.8 Å². The minimum atomic E-state index is -0.368. The Morgan fingerprint density at radius 2 is 1.90 bits per heavy atom. The van der Waals surface area contributed by atoms with Gasteiger partial charge in [-0.1, -0.05) is 34.1 Å². The van der Waals surface area contributed by atoms with E-state index < -0.39 is 0 Å². The molecule has 2 aromatic rings. The monoisotopic (exact) mass is 336 g/mol. The second-order valence-electron chi connectivity index (χ2n) is 5.03. The van der Waals surface area contributed by atoms with E-state index in [1.165, 1.54) is 0 Å². The first-order chi connectivity index (χ1) is 9.45. The SMILES string of the molecule is Cc1cc(C)c(C(NN)c2cccc(Br)c2C)c(F)c1. The van der Waals surface area contributed by atoms with E-state index in [2.05, 4.69) is 21.4 Å². The summed E-state index contributed by atoms with van der Waals surface area (Å²) >= 11 is 3.50. The Balaban J connectivity index is 2.62. The van der Waals surface area contributed by atoms with Gasteiger partial charge in [-0.15, -0.1) is 0 Å². The quantitative estimate of drug-likeness (QED) is 0.655. The molecular formula is C16H18BrFN2. The van der Waals surface area contributed by atoms with Gasteiger partial charge in [0.05, 0.1) is 6.04 Å². The standard InChI is InChI=1S/C16H18BrFN2/c1-9-7-10(2)15(14(18)8-9)16(20-19)12-5-4-6-13(17)11(12)3/h4-8,16,20H,19H2,1-3H3. The maximum Gasteiger partial charge on any atom is 0.128 e. The third-order valence-electron chi connectivity index (χ3n) is 3.56. The van der Waals surface area contributed by atoms with Crippen LogP contribution in [0.4, 0.5) is 4.39 Å². The zero-order chi connectivity index (χ0) is 14.9. The van der Waals surface area contributed by atoms with Crippen molar-refractivity contribution in [3.8, 4) is 0 Å². The predicted molar refractivity (Wildman–Crippen MR) is 83.9 cm³/mol. The largest absolute Gasteiger partial charge is 0.271 e. The van der Waals surface area contributed by atoms with Crippen molar-refractivity contribution in [2.45, 2.75) is 26.8 Å². The van der Waals surface area contributed by atoms with Gasteiger partial charge >= 0.3 is 0 Å². The maximum atomic E-state index is 14.4. The lowest BCUT2D eigenvalue weighted by atomic mass is 9.91. The van der Waals surface area contributed by atoms with Gasteiger partial charge < -0.3 is 0 Å². The molecule has 0 fully saturated rings. The van der Waals surface area contributed by atoms with Crippen LogP contribution in [0.5, 0.6) is 0 Å². The van der Waals surface area contributed by atoms with Crippen LogP contribution < -0.4 is 11.3 Å². The molecule has 0 aromatic heterocycles. The van der Waals surface area contributed by atoms with Crippen molar-refractivity contribution < 1.29 is 4.39 Å². The summed E-state index contributed by atoms with van der Waals surface area (Å²) in [5, 5.41) is 0. The Labute approximate surface area is 127 Å². The number of benzene rings is 2.